The van der Waals surface area contributed by atoms with Crippen molar-refractivity contribution in [3.8, 4) is 5.75 Å². The van der Waals surface area contributed by atoms with Crippen LogP contribution in [0.25, 0.3) is 6.08 Å². The van der Waals surface area contributed by atoms with Crippen molar-refractivity contribution in [2.75, 3.05) is 11.5 Å². The second-order valence-corrected chi connectivity index (χ2v) is 5.76. The van der Waals surface area contributed by atoms with Gasteiger partial charge in [0.05, 0.1) is 12.3 Å². The maximum atomic E-state index is 12.8. The molecule has 7 nitrogen and oxygen atoms in total. The molecule has 4 amide bonds. The zero-order valence-electron chi connectivity index (χ0n) is 14.7. The largest absolute Gasteiger partial charge is 0.494 e. The minimum atomic E-state index is -0.800. The van der Waals surface area contributed by atoms with Gasteiger partial charge in [-0.05, 0) is 45.0 Å². The number of ether oxygens (including phenoxy) is 1. The average molecular weight is 354 g/mol. The Morgan fingerprint density at radius 3 is 2.62 bits per heavy atom. The third kappa shape index (κ3) is 3.23. The molecule has 1 N–H and O–H groups in total. The van der Waals surface area contributed by atoms with Gasteiger partial charge in [-0.2, -0.15) is 0 Å². The first-order chi connectivity index (χ1) is 12.4. The summed E-state index contributed by atoms with van der Waals surface area (Å²) in [5.74, 6) is 0.322. The lowest BCUT2D eigenvalue weighted by atomic mass is 10.1. The molecular weight excluding hydrogens is 336 g/mol. The summed E-state index contributed by atoms with van der Waals surface area (Å²) in [5.41, 5.74) is 0.783. The molecule has 0 saturated carbocycles. The summed E-state index contributed by atoms with van der Waals surface area (Å²) in [7, 11) is 0. The summed E-state index contributed by atoms with van der Waals surface area (Å²) in [5, 5.41) is 2.19. The predicted octanol–water partition coefficient (Wildman–Crippen LogP) is 2.96. The highest BCUT2D eigenvalue weighted by molar-refractivity contribution is 6.39. The molecule has 1 aromatic heterocycles. The fraction of sp³-hybridized carbons (Fsp3) is 0.211. The van der Waals surface area contributed by atoms with Crippen LogP contribution in [0.5, 0.6) is 5.75 Å². The molecule has 3 rings (SSSR count). The van der Waals surface area contributed by atoms with Crippen LogP contribution in [0, 0.1) is 13.8 Å². The smallest absolute Gasteiger partial charge is 0.335 e. The minimum Gasteiger partial charge on any atom is -0.494 e. The number of nitrogens with zero attached hydrogens (tertiary/aromatic N) is 1. The molecule has 0 spiro atoms. The minimum absolute atomic E-state index is 0.143. The van der Waals surface area contributed by atoms with E-state index in [0.29, 0.717) is 35.1 Å². The van der Waals surface area contributed by atoms with Crippen LogP contribution in [-0.2, 0) is 9.59 Å². The summed E-state index contributed by atoms with van der Waals surface area (Å²) in [6.07, 6.45) is 1.43. The van der Waals surface area contributed by atoms with Gasteiger partial charge in [0.25, 0.3) is 11.8 Å². The lowest BCUT2D eigenvalue weighted by Crippen LogP contribution is -2.54. The maximum absolute atomic E-state index is 12.8. The number of rotatable bonds is 4. The number of benzene rings is 1. The average Bonchev–Trinajstić information content (AvgIpc) is 2.89. The van der Waals surface area contributed by atoms with E-state index in [2.05, 4.69) is 5.32 Å². The molecule has 1 aliphatic rings. The number of furan rings is 1. The third-order valence-electron chi connectivity index (χ3n) is 3.87. The fourth-order valence-electron chi connectivity index (χ4n) is 2.72. The molecule has 1 aliphatic heterocycles. The van der Waals surface area contributed by atoms with E-state index in [1.165, 1.54) is 6.08 Å². The summed E-state index contributed by atoms with van der Waals surface area (Å²) >= 11 is 0. The summed E-state index contributed by atoms with van der Waals surface area (Å²) in [6.45, 7) is 5.79. The topological polar surface area (TPSA) is 88.8 Å². The standard InChI is InChI=1S/C19H18N2O5/c1-4-25-15-7-5-6-14(10-15)21-18(23)16(17(22)20-19(21)24)9-13-8-11(2)26-12(13)3/h5-10H,4H2,1-3H3,(H,20,22,24)/b16-9+. The first-order valence-electron chi connectivity index (χ1n) is 8.12. The van der Waals surface area contributed by atoms with Crippen LogP contribution in [0.4, 0.5) is 10.5 Å². The number of hydrogen-bond acceptors (Lipinski definition) is 5. The van der Waals surface area contributed by atoms with Gasteiger partial charge in [0.15, 0.2) is 0 Å². The Labute approximate surface area is 150 Å². The lowest BCUT2D eigenvalue weighted by Gasteiger charge is -2.26. The molecule has 7 heteroatoms. The van der Waals surface area contributed by atoms with E-state index in [4.69, 9.17) is 9.15 Å². The zero-order chi connectivity index (χ0) is 18.8. The van der Waals surface area contributed by atoms with Crippen molar-refractivity contribution in [1.29, 1.82) is 0 Å². The SMILES string of the molecule is CCOc1cccc(N2C(=O)NC(=O)/C(=C\c3cc(C)oc3C)C2=O)c1. The third-order valence-corrected chi connectivity index (χ3v) is 3.87. The number of amides is 4. The van der Waals surface area contributed by atoms with Crippen LogP contribution in [0.15, 0.2) is 40.3 Å². The first kappa shape index (κ1) is 17.5. The molecule has 1 saturated heterocycles. The van der Waals surface area contributed by atoms with Crippen LogP contribution < -0.4 is 15.0 Å². The second-order valence-electron chi connectivity index (χ2n) is 5.76. The molecule has 0 bridgehead atoms. The summed E-state index contributed by atoms with van der Waals surface area (Å²) in [4.78, 5) is 38.2. The quantitative estimate of drug-likeness (QED) is 0.673. The van der Waals surface area contributed by atoms with Crippen LogP contribution in [0.3, 0.4) is 0 Å². The number of barbiturate groups is 1. The normalized spacial score (nSPS) is 16.2. The highest BCUT2D eigenvalue weighted by Gasteiger charge is 2.37. The zero-order valence-corrected chi connectivity index (χ0v) is 14.7. The van der Waals surface area contributed by atoms with Crippen molar-refractivity contribution in [1.82, 2.24) is 5.32 Å². The molecule has 1 fully saturated rings. The molecule has 0 radical (unpaired) electrons. The summed E-state index contributed by atoms with van der Waals surface area (Å²) in [6, 6.07) is 7.48. The van der Waals surface area contributed by atoms with Crippen LogP contribution in [0.1, 0.15) is 24.0 Å². The van der Waals surface area contributed by atoms with Crippen LogP contribution in [0.2, 0.25) is 0 Å². The Morgan fingerprint density at radius 1 is 1.19 bits per heavy atom. The summed E-state index contributed by atoms with van der Waals surface area (Å²) < 4.78 is 10.8. The second kappa shape index (κ2) is 6.87. The molecule has 0 unspecified atom stereocenters. The van der Waals surface area contributed by atoms with Gasteiger partial charge in [0, 0.05) is 11.6 Å². The number of hydrogen-bond donors (Lipinski definition) is 1. The monoisotopic (exact) mass is 354 g/mol. The van der Waals surface area contributed by atoms with Crippen molar-refractivity contribution in [2.24, 2.45) is 0 Å². The molecule has 2 aromatic rings. The molecular formula is C19H18N2O5. The van der Waals surface area contributed by atoms with E-state index in [-0.39, 0.29) is 5.57 Å². The van der Waals surface area contributed by atoms with Gasteiger partial charge in [-0.25, -0.2) is 9.69 Å². The maximum Gasteiger partial charge on any atom is 0.335 e. The van der Waals surface area contributed by atoms with Crippen molar-refractivity contribution in [2.45, 2.75) is 20.8 Å². The Kier molecular flexibility index (Phi) is 4.62. The highest BCUT2D eigenvalue weighted by atomic mass is 16.5. The van der Waals surface area contributed by atoms with Gasteiger partial charge < -0.3 is 9.15 Å². The van der Waals surface area contributed by atoms with Gasteiger partial charge >= 0.3 is 6.03 Å². The fourth-order valence-corrected chi connectivity index (χ4v) is 2.72. The van der Waals surface area contributed by atoms with Crippen molar-refractivity contribution in [3.63, 3.8) is 0 Å². The van der Waals surface area contributed by atoms with Crippen molar-refractivity contribution in [3.05, 3.63) is 53.0 Å². The predicted molar refractivity (Wildman–Crippen MR) is 94.8 cm³/mol. The van der Waals surface area contributed by atoms with E-state index < -0.39 is 17.8 Å². The van der Waals surface area contributed by atoms with Gasteiger partial charge in [0.2, 0.25) is 0 Å². The molecule has 2 heterocycles. The van der Waals surface area contributed by atoms with Crippen molar-refractivity contribution < 1.29 is 23.5 Å². The van der Waals surface area contributed by atoms with E-state index in [0.717, 1.165) is 4.90 Å². The Balaban J connectivity index is 2.01. The number of imide groups is 2. The van der Waals surface area contributed by atoms with Crippen LogP contribution >= 0.6 is 0 Å². The Hall–Kier alpha value is -3.35. The van der Waals surface area contributed by atoms with Gasteiger partial charge in [-0.15, -0.1) is 0 Å². The van der Waals surface area contributed by atoms with E-state index >= 15 is 0 Å². The van der Waals surface area contributed by atoms with Crippen molar-refractivity contribution >= 4 is 29.6 Å². The van der Waals surface area contributed by atoms with Gasteiger partial charge in [0.1, 0.15) is 22.8 Å². The first-order valence-corrected chi connectivity index (χ1v) is 8.12. The van der Waals surface area contributed by atoms with Gasteiger partial charge in [-0.1, -0.05) is 6.07 Å². The number of carbonyl (C=O) groups is 3. The number of carbonyl (C=O) groups excluding carboxylic acids is 3. The van der Waals surface area contributed by atoms with E-state index in [9.17, 15) is 14.4 Å². The Morgan fingerprint density at radius 2 is 1.96 bits per heavy atom. The molecule has 134 valence electrons. The van der Waals surface area contributed by atoms with E-state index in [1.54, 1.807) is 44.2 Å². The molecule has 0 atom stereocenters. The van der Waals surface area contributed by atoms with Crippen LogP contribution in [-0.4, -0.2) is 24.5 Å². The number of aryl methyl sites for hydroxylation is 2. The number of nitrogens with one attached hydrogen (secondary N) is 1. The molecule has 1 aromatic carbocycles. The molecule has 26 heavy (non-hydrogen) atoms. The van der Waals surface area contributed by atoms with E-state index in [1.807, 2.05) is 6.92 Å². The number of urea groups is 1. The highest BCUT2D eigenvalue weighted by Crippen LogP contribution is 2.26. The number of anilines is 1. The Bertz CT molecular complexity index is 926. The van der Waals surface area contributed by atoms with Gasteiger partial charge in [-0.3, -0.25) is 14.9 Å². The lowest BCUT2D eigenvalue weighted by molar-refractivity contribution is -0.122. The molecule has 0 aliphatic carbocycles.